The van der Waals surface area contributed by atoms with E-state index in [0.29, 0.717) is 36.6 Å². The number of likely N-dealkylation sites (tertiary alicyclic amines) is 1. The van der Waals surface area contributed by atoms with Gasteiger partial charge >= 0.3 is 5.97 Å². The number of carbonyl (C=O) groups excluding carboxylic acids is 1. The molecule has 148 valence electrons. The van der Waals surface area contributed by atoms with Crippen LogP contribution in [0.2, 0.25) is 0 Å². The summed E-state index contributed by atoms with van der Waals surface area (Å²) in [6.07, 6.45) is 2.82. The quantitative estimate of drug-likeness (QED) is 0.814. The third-order valence-electron chi connectivity index (χ3n) is 5.59. The van der Waals surface area contributed by atoms with Gasteiger partial charge in [0.05, 0.1) is 5.56 Å². The van der Waals surface area contributed by atoms with E-state index in [-0.39, 0.29) is 17.6 Å². The predicted octanol–water partition coefficient (Wildman–Crippen LogP) is 4.18. The fraction of sp³-hybridized carbons (Fsp3) is 0.391. The zero-order valence-electron chi connectivity index (χ0n) is 16.1. The van der Waals surface area contributed by atoms with Crippen LogP contribution in [0.15, 0.2) is 48.5 Å². The molecule has 1 unspecified atom stereocenters. The Morgan fingerprint density at radius 2 is 1.68 bits per heavy atom. The molecule has 0 saturated carbocycles. The lowest BCUT2D eigenvalue weighted by Gasteiger charge is -2.34. The first-order chi connectivity index (χ1) is 13.5. The van der Waals surface area contributed by atoms with Gasteiger partial charge in [0, 0.05) is 19.0 Å². The third kappa shape index (κ3) is 4.77. The largest absolute Gasteiger partial charge is 0.478 e. The van der Waals surface area contributed by atoms with Crippen molar-refractivity contribution in [2.75, 3.05) is 13.1 Å². The van der Waals surface area contributed by atoms with Crippen molar-refractivity contribution in [1.29, 1.82) is 0 Å². The van der Waals surface area contributed by atoms with E-state index in [2.05, 4.69) is 0 Å². The monoisotopic (exact) mass is 383 g/mol. The van der Waals surface area contributed by atoms with Gasteiger partial charge in [0.15, 0.2) is 0 Å². The highest BCUT2D eigenvalue weighted by Crippen LogP contribution is 2.25. The second kappa shape index (κ2) is 9.00. The number of carboxylic acid groups (broad SMARTS) is 1. The average molecular weight is 383 g/mol. The topological polar surface area (TPSA) is 57.6 Å². The lowest BCUT2D eigenvalue weighted by atomic mass is 9.87. The normalized spacial score (nSPS) is 16.0. The van der Waals surface area contributed by atoms with Crippen LogP contribution in [0.5, 0.6) is 0 Å². The van der Waals surface area contributed by atoms with Gasteiger partial charge in [-0.25, -0.2) is 9.18 Å². The number of rotatable bonds is 6. The molecule has 1 heterocycles. The van der Waals surface area contributed by atoms with E-state index in [1.807, 2.05) is 24.0 Å². The number of carboxylic acids is 1. The van der Waals surface area contributed by atoms with Gasteiger partial charge in [-0.1, -0.05) is 43.3 Å². The summed E-state index contributed by atoms with van der Waals surface area (Å²) in [5.41, 5.74) is 1.79. The van der Waals surface area contributed by atoms with Gasteiger partial charge in [-0.05, 0) is 54.9 Å². The standard InChI is InChI=1S/C23H26FNO3/c1-16(14-19-7-3-5-9-21(19)24)22(26)25-12-10-17(11-13-25)15-18-6-2-4-8-20(18)23(27)28/h2-9,16-17H,10-15H2,1H3,(H,27,28). The molecule has 0 aromatic heterocycles. The van der Waals surface area contributed by atoms with Crippen molar-refractivity contribution in [1.82, 2.24) is 4.90 Å². The summed E-state index contributed by atoms with van der Waals surface area (Å²) in [6, 6.07) is 13.7. The number of piperidine rings is 1. The average Bonchev–Trinajstić information content (AvgIpc) is 2.70. The van der Waals surface area contributed by atoms with Crippen LogP contribution < -0.4 is 0 Å². The van der Waals surface area contributed by atoms with E-state index < -0.39 is 5.97 Å². The molecule has 2 aromatic rings. The van der Waals surface area contributed by atoms with E-state index >= 15 is 0 Å². The Morgan fingerprint density at radius 1 is 1.07 bits per heavy atom. The number of carbonyl (C=O) groups is 2. The van der Waals surface area contributed by atoms with E-state index in [1.165, 1.54) is 6.07 Å². The second-order valence-electron chi connectivity index (χ2n) is 7.63. The Kier molecular flexibility index (Phi) is 6.45. The van der Waals surface area contributed by atoms with Crippen LogP contribution in [0, 0.1) is 17.7 Å². The Morgan fingerprint density at radius 3 is 2.32 bits per heavy atom. The summed E-state index contributed by atoms with van der Waals surface area (Å²) < 4.78 is 13.8. The van der Waals surface area contributed by atoms with E-state index in [9.17, 15) is 19.1 Å². The van der Waals surface area contributed by atoms with Gasteiger partial charge in [-0.2, -0.15) is 0 Å². The van der Waals surface area contributed by atoms with E-state index in [0.717, 1.165) is 24.8 Å². The molecule has 1 aliphatic heterocycles. The SMILES string of the molecule is CC(Cc1ccccc1F)C(=O)N1CCC(Cc2ccccc2C(=O)O)CC1. The van der Waals surface area contributed by atoms with Crippen molar-refractivity contribution in [3.05, 3.63) is 71.0 Å². The lowest BCUT2D eigenvalue weighted by Crippen LogP contribution is -2.42. The van der Waals surface area contributed by atoms with Crippen LogP contribution in [-0.4, -0.2) is 35.0 Å². The maximum absolute atomic E-state index is 13.8. The second-order valence-corrected chi connectivity index (χ2v) is 7.63. The van der Waals surface area contributed by atoms with Crippen LogP contribution in [-0.2, 0) is 17.6 Å². The van der Waals surface area contributed by atoms with Gasteiger partial charge in [0.1, 0.15) is 5.82 Å². The first kappa shape index (κ1) is 20.1. The molecule has 3 rings (SSSR count). The molecule has 1 saturated heterocycles. The zero-order valence-corrected chi connectivity index (χ0v) is 16.1. The van der Waals surface area contributed by atoms with Crippen molar-refractivity contribution in [2.45, 2.75) is 32.6 Å². The molecular weight excluding hydrogens is 357 g/mol. The molecular formula is C23H26FNO3. The zero-order chi connectivity index (χ0) is 20.1. The summed E-state index contributed by atoms with van der Waals surface area (Å²) in [7, 11) is 0. The smallest absolute Gasteiger partial charge is 0.335 e. The van der Waals surface area contributed by atoms with Crippen LogP contribution in [0.4, 0.5) is 4.39 Å². The molecule has 0 radical (unpaired) electrons. The predicted molar refractivity (Wildman–Crippen MR) is 106 cm³/mol. The van der Waals surface area contributed by atoms with Crippen molar-refractivity contribution in [3.8, 4) is 0 Å². The Bertz CT molecular complexity index is 843. The van der Waals surface area contributed by atoms with E-state index in [4.69, 9.17) is 0 Å². The molecule has 1 N–H and O–H groups in total. The first-order valence-electron chi connectivity index (χ1n) is 9.79. The van der Waals surface area contributed by atoms with Crippen LogP contribution in [0.1, 0.15) is 41.3 Å². The molecule has 1 atom stereocenters. The van der Waals surface area contributed by atoms with Crippen molar-refractivity contribution >= 4 is 11.9 Å². The molecule has 4 nitrogen and oxygen atoms in total. The summed E-state index contributed by atoms with van der Waals surface area (Å²) >= 11 is 0. The minimum absolute atomic E-state index is 0.0626. The van der Waals surface area contributed by atoms with Crippen molar-refractivity contribution in [3.63, 3.8) is 0 Å². The van der Waals surface area contributed by atoms with Crippen molar-refractivity contribution in [2.24, 2.45) is 11.8 Å². The number of aromatic carboxylic acids is 1. The molecule has 2 aromatic carbocycles. The molecule has 1 fully saturated rings. The number of benzene rings is 2. The van der Waals surface area contributed by atoms with Gasteiger partial charge in [0.25, 0.3) is 0 Å². The highest BCUT2D eigenvalue weighted by Gasteiger charge is 2.27. The molecule has 0 bridgehead atoms. The Balaban J connectivity index is 1.54. The lowest BCUT2D eigenvalue weighted by molar-refractivity contribution is -0.136. The minimum atomic E-state index is -0.898. The fourth-order valence-corrected chi connectivity index (χ4v) is 3.97. The molecule has 1 amide bonds. The highest BCUT2D eigenvalue weighted by atomic mass is 19.1. The number of hydrogen-bond acceptors (Lipinski definition) is 2. The van der Waals surface area contributed by atoms with Crippen LogP contribution >= 0.6 is 0 Å². The summed E-state index contributed by atoms with van der Waals surface area (Å²) in [5, 5.41) is 9.33. The van der Waals surface area contributed by atoms with Crippen LogP contribution in [0.25, 0.3) is 0 Å². The van der Waals surface area contributed by atoms with Gasteiger partial charge in [0.2, 0.25) is 5.91 Å². The minimum Gasteiger partial charge on any atom is -0.478 e. The van der Waals surface area contributed by atoms with Gasteiger partial charge in [-0.3, -0.25) is 4.79 Å². The van der Waals surface area contributed by atoms with Gasteiger partial charge in [-0.15, -0.1) is 0 Å². The number of hydrogen-bond donors (Lipinski definition) is 1. The third-order valence-corrected chi connectivity index (χ3v) is 5.59. The Hall–Kier alpha value is -2.69. The summed E-state index contributed by atoms with van der Waals surface area (Å²) in [5.74, 6) is -0.997. The highest BCUT2D eigenvalue weighted by molar-refractivity contribution is 5.89. The number of nitrogens with zero attached hydrogens (tertiary/aromatic N) is 1. The van der Waals surface area contributed by atoms with Crippen molar-refractivity contribution < 1.29 is 19.1 Å². The summed E-state index contributed by atoms with van der Waals surface area (Å²) in [6.45, 7) is 3.19. The maximum Gasteiger partial charge on any atom is 0.335 e. The van der Waals surface area contributed by atoms with Crippen LogP contribution in [0.3, 0.4) is 0 Å². The molecule has 28 heavy (non-hydrogen) atoms. The maximum atomic E-state index is 13.8. The molecule has 0 spiro atoms. The Labute approximate surface area is 165 Å². The molecule has 0 aliphatic carbocycles. The molecule has 5 heteroatoms. The first-order valence-corrected chi connectivity index (χ1v) is 9.79. The van der Waals surface area contributed by atoms with Gasteiger partial charge < -0.3 is 10.0 Å². The number of amides is 1. The van der Waals surface area contributed by atoms with E-state index in [1.54, 1.807) is 30.3 Å². The molecule has 1 aliphatic rings. The summed E-state index contributed by atoms with van der Waals surface area (Å²) in [4.78, 5) is 26.0. The fourth-order valence-electron chi connectivity index (χ4n) is 3.97. The number of halogens is 1.